The number of nitrogens with zero attached hydrogens (tertiary/aromatic N) is 1. The van der Waals surface area contributed by atoms with E-state index in [1.54, 1.807) is 54.6 Å². The molecule has 150 valence electrons. The number of ether oxygens (including phenoxy) is 2. The fourth-order valence-corrected chi connectivity index (χ4v) is 2.32. The van der Waals surface area contributed by atoms with Crippen LogP contribution in [0.15, 0.2) is 54.6 Å². The van der Waals surface area contributed by atoms with E-state index in [9.17, 15) is 19.7 Å². The Kier molecular flexibility index (Phi) is 7.99. The molecule has 2 aromatic carbocycles. The highest BCUT2D eigenvalue weighted by Gasteiger charge is 2.07. The Bertz CT molecular complexity index is 923. The van der Waals surface area contributed by atoms with Gasteiger partial charge < -0.3 is 15.2 Å². The number of esters is 2. The van der Waals surface area contributed by atoms with Crippen LogP contribution in [0, 0.1) is 10.1 Å². The quantitative estimate of drug-likeness (QED) is 0.166. The van der Waals surface area contributed by atoms with Gasteiger partial charge in [0.15, 0.2) is 0 Å². The Labute approximate surface area is 172 Å². The van der Waals surface area contributed by atoms with Crippen molar-refractivity contribution in [1.29, 1.82) is 0 Å². The Morgan fingerprint density at radius 2 is 1.62 bits per heavy atom. The van der Waals surface area contributed by atoms with E-state index in [2.05, 4.69) is 0 Å². The van der Waals surface area contributed by atoms with Crippen molar-refractivity contribution in [2.75, 3.05) is 6.54 Å². The van der Waals surface area contributed by atoms with Gasteiger partial charge in [0.05, 0.1) is 6.42 Å². The fourth-order valence-electron chi connectivity index (χ4n) is 2.18. The zero-order chi connectivity index (χ0) is 21.2. The van der Waals surface area contributed by atoms with E-state index in [1.807, 2.05) is 0 Å². The van der Waals surface area contributed by atoms with Crippen LogP contribution < -0.4 is 15.2 Å². The summed E-state index contributed by atoms with van der Waals surface area (Å²) in [5, 5.41) is 10.2. The molecule has 0 aliphatic carbocycles. The van der Waals surface area contributed by atoms with E-state index >= 15 is 0 Å². The van der Waals surface area contributed by atoms with Crippen molar-refractivity contribution in [3.63, 3.8) is 0 Å². The number of rotatable bonds is 9. The Morgan fingerprint density at radius 1 is 1.03 bits per heavy atom. The third kappa shape index (κ3) is 7.89. The van der Waals surface area contributed by atoms with Gasteiger partial charge in [0.1, 0.15) is 16.5 Å². The molecule has 8 nitrogen and oxygen atoms in total. The molecule has 0 fully saturated rings. The second-order valence-corrected chi connectivity index (χ2v) is 6.29. The number of carbonyl (C=O) groups excluding carboxylic acids is 2. The lowest BCUT2D eigenvalue weighted by atomic mass is 10.2. The monoisotopic (exact) mass is 414 g/mol. The van der Waals surface area contributed by atoms with Crippen LogP contribution in [0.5, 0.6) is 11.5 Å². The molecule has 0 aromatic heterocycles. The van der Waals surface area contributed by atoms with E-state index in [-0.39, 0.29) is 24.4 Å². The molecule has 29 heavy (non-hydrogen) atoms. The molecule has 0 radical (unpaired) electrons. The lowest BCUT2D eigenvalue weighted by Gasteiger charge is -2.04. The standard InChI is InChI=1S/C20H18N2O6S/c21-20(29)15-6-10-17(11-7-15)28-19(24)12-5-14-3-8-16(9-4-14)27-18(23)2-1-13-22(25)26/h3-12H,1-2,13H2,(H2,21,29)/b12-5+. The van der Waals surface area contributed by atoms with Gasteiger partial charge in [-0.05, 0) is 48.0 Å². The Hall–Kier alpha value is -3.59. The van der Waals surface area contributed by atoms with Crippen LogP contribution in [0.4, 0.5) is 0 Å². The van der Waals surface area contributed by atoms with Crippen molar-refractivity contribution in [2.24, 2.45) is 5.73 Å². The summed E-state index contributed by atoms with van der Waals surface area (Å²) in [6.07, 6.45) is 2.90. The van der Waals surface area contributed by atoms with Gasteiger partial charge >= 0.3 is 11.9 Å². The van der Waals surface area contributed by atoms with Crippen LogP contribution >= 0.6 is 12.2 Å². The zero-order valence-electron chi connectivity index (χ0n) is 15.3. The topological polar surface area (TPSA) is 122 Å². The molecule has 0 spiro atoms. The van der Waals surface area contributed by atoms with Crippen LogP contribution in [0.2, 0.25) is 0 Å². The van der Waals surface area contributed by atoms with E-state index in [0.29, 0.717) is 22.6 Å². The highest BCUT2D eigenvalue weighted by molar-refractivity contribution is 7.80. The first-order valence-electron chi connectivity index (χ1n) is 8.56. The highest BCUT2D eigenvalue weighted by Crippen LogP contribution is 2.15. The maximum Gasteiger partial charge on any atom is 0.336 e. The van der Waals surface area contributed by atoms with Gasteiger partial charge in [-0.2, -0.15) is 0 Å². The molecule has 0 saturated carbocycles. The first-order valence-corrected chi connectivity index (χ1v) is 8.96. The smallest absolute Gasteiger partial charge is 0.336 e. The van der Waals surface area contributed by atoms with E-state index in [0.717, 1.165) is 0 Å². The summed E-state index contributed by atoms with van der Waals surface area (Å²) in [7, 11) is 0. The fraction of sp³-hybridized carbons (Fsp3) is 0.150. The van der Waals surface area contributed by atoms with Gasteiger partial charge in [0.25, 0.3) is 0 Å². The third-order valence-electron chi connectivity index (χ3n) is 3.60. The summed E-state index contributed by atoms with van der Waals surface area (Å²) in [5.74, 6) is -0.428. The van der Waals surface area contributed by atoms with Crippen LogP contribution in [0.3, 0.4) is 0 Å². The number of nitrogens with two attached hydrogens (primary N) is 1. The molecule has 0 amide bonds. The van der Waals surface area contributed by atoms with Crippen molar-refractivity contribution < 1.29 is 24.0 Å². The summed E-state index contributed by atoms with van der Waals surface area (Å²) in [6, 6.07) is 12.9. The SMILES string of the molecule is NC(=S)c1ccc(OC(=O)/C=C/c2ccc(OC(=O)CCC[N+](=O)[O-])cc2)cc1. The minimum Gasteiger partial charge on any atom is -0.427 e. The van der Waals surface area contributed by atoms with Gasteiger partial charge in [0.2, 0.25) is 6.54 Å². The number of thiocarbonyl (C=S) groups is 1. The Balaban J connectivity index is 1.84. The van der Waals surface area contributed by atoms with Crippen LogP contribution in [0.1, 0.15) is 24.0 Å². The summed E-state index contributed by atoms with van der Waals surface area (Å²) in [4.78, 5) is 33.5. The zero-order valence-corrected chi connectivity index (χ0v) is 16.1. The van der Waals surface area contributed by atoms with Gasteiger partial charge in [-0.15, -0.1) is 0 Å². The van der Waals surface area contributed by atoms with Gasteiger partial charge in [-0.25, -0.2) is 4.79 Å². The second kappa shape index (κ2) is 10.7. The largest absolute Gasteiger partial charge is 0.427 e. The summed E-state index contributed by atoms with van der Waals surface area (Å²) in [5.41, 5.74) is 6.88. The normalized spacial score (nSPS) is 10.5. The summed E-state index contributed by atoms with van der Waals surface area (Å²) >= 11 is 4.86. The van der Waals surface area contributed by atoms with Gasteiger partial charge in [-0.1, -0.05) is 24.4 Å². The molecule has 0 unspecified atom stereocenters. The van der Waals surface area contributed by atoms with Crippen molar-refractivity contribution in [2.45, 2.75) is 12.8 Å². The molecule has 2 N–H and O–H groups in total. The van der Waals surface area contributed by atoms with E-state index in [1.165, 1.54) is 6.08 Å². The predicted molar refractivity (Wildman–Crippen MR) is 110 cm³/mol. The number of hydrogen-bond donors (Lipinski definition) is 1. The molecule has 0 saturated heterocycles. The molecule has 0 bridgehead atoms. The molecule has 0 atom stereocenters. The summed E-state index contributed by atoms with van der Waals surface area (Å²) in [6.45, 7) is -0.278. The molecular formula is C20H18N2O6S. The maximum absolute atomic E-state index is 11.9. The van der Waals surface area contributed by atoms with Crippen molar-refractivity contribution in [3.05, 3.63) is 75.8 Å². The average molecular weight is 414 g/mol. The molecule has 9 heteroatoms. The van der Waals surface area contributed by atoms with E-state index < -0.39 is 16.9 Å². The number of hydrogen-bond acceptors (Lipinski definition) is 7. The molecule has 2 aromatic rings. The van der Waals surface area contributed by atoms with Gasteiger partial charge in [0, 0.05) is 23.0 Å². The maximum atomic E-state index is 11.9. The Morgan fingerprint density at radius 3 is 2.21 bits per heavy atom. The number of carbonyl (C=O) groups is 2. The molecule has 0 aliphatic heterocycles. The van der Waals surface area contributed by atoms with Crippen molar-refractivity contribution in [1.82, 2.24) is 0 Å². The highest BCUT2D eigenvalue weighted by atomic mass is 32.1. The second-order valence-electron chi connectivity index (χ2n) is 5.85. The number of nitro groups is 1. The average Bonchev–Trinajstić information content (AvgIpc) is 2.67. The van der Waals surface area contributed by atoms with Crippen molar-refractivity contribution >= 4 is 35.2 Å². The first kappa shape index (κ1) is 21.7. The minimum atomic E-state index is -0.561. The van der Waals surface area contributed by atoms with Crippen LogP contribution in [-0.4, -0.2) is 28.4 Å². The predicted octanol–water partition coefficient (Wildman–Crippen LogP) is 2.90. The molecule has 0 heterocycles. The van der Waals surface area contributed by atoms with Crippen LogP contribution in [-0.2, 0) is 9.59 Å². The summed E-state index contributed by atoms with van der Waals surface area (Å²) < 4.78 is 10.3. The molecule has 2 rings (SSSR count). The van der Waals surface area contributed by atoms with Crippen molar-refractivity contribution in [3.8, 4) is 11.5 Å². The third-order valence-corrected chi connectivity index (χ3v) is 3.84. The lowest BCUT2D eigenvalue weighted by molar-refractivity contribution is -0.480. The lowest BCUT2D eigenvalue weighted by Crippen LogP contribution is -2.10. The number of benzene rings is 2. The van der Waals surface area contributed by atoms with Crippen LogP contribution in [0.25, 0.3) is 6.08 Å². The molecular weight excluding hydrogens is 396 g/mol. The minimum absolute atomic E-state index is 0.0352. The van der Waals surface area contributed by atoms with E-state index in [4.69, 9.17) is 27.4 Å². The van der Waals surface area contributed by atoms with Gasteiger partial charge in [-0.3, -0.25) is 14.9 Å². The first-order chi connectivity index (χ1) is 13.8. The molecule has 0 aliphatic rings.